The van der Waals surface area contributed by atoms with E-state index in [1.165, 1.54) is 24.3 Å². The van der Waals surface area contributed by atoms with Gasteiger partial charge in [0.15, 0.2) is 0 Å². The maximum absolute atomic E-state index is 14.0. The van der Waals surface area contributed by atoms with Crippen molar-refractivity contribution in [3.05, 3.63) is 58.6 Å². The lowest BCUT2D eigenvalue weighted by atomic mass is 9.71. The Bertz CT molecular complexity index is 504. The van der Waals surface area contributed by atoms with Gasteiger partial charge < -0.3 is 0 Å². The van der Waals surface area contributed by atoms with Crippen LogP contribution in [-0.2, 0) is 5.41 Å². The molecule has 0 bridgehead atoms. The smallest absolute Gasteiger partial charge is 0.236 e. The molecule has 5 heteroatoms. The van der Waals surface area contributed by atoms with Gasteiger partial charge in [-0.05, 0) is 12.0 Å². The average molecular weight is 335 g/mol. The zero-order valence-electron chi connectivity index (χ0n) is 9.79. The van der Waals surface area contributed by atoms with Crippen LogP contribution in [-0.4, -0.2) is 12.3 Å². The molecule has 1 aromatic rings. The molecule has 0 spiro atoms. The third-order valence-electron chi connectivity index (χ3n) is 3.23. The molecule has 0 fully saturated rings. The number of benzene rings is 1. The van der Waals surface area contributed by atoms with E-state index in [2.05, 4.69) is 15.9 Å². The quantitative estimate of drug-likeness (QED) is 0.663. The van der Waals surface area contributed by atoms with Crippen molar-refractivity contribution < 1.29 is 17.6 Å². The normalized spacial score (nSPS) is 25.0. The molecular formula is C14H11BrF4. The third-order valence-corrected chi connectivity index (χ3v) is 3.81. The summed E-state index contributed by atoms with van der Waals surface area (Å²) in [5, 5.41) is 0. The number of allylic oxidation sites excluding steroid dienone is 4. The standard InChI is InChI=1S/C14H11BrF4/c15-11-6-8-13(9-7-11,12(16)14(17,18)19)10-4-2-1-3-5-10/h1-8,12H,9H2. The van der Waals surface area contributed by atoms with E-state index in [0.29, 0.717) is 10.0 Å². The minimum atomic E-state index is -4.89. The molecule has 0 radical (unpaired) electrons. The van der Waals surface area contributed by atoms with Gasteiger partial charge in [0, 0.05) is 4.48 Å². The Morgan fingerprint density at radius 2 is 1.79 bits per heavy atom. The SMILES string of the molecule is FC(C(F)(F)F)C1(c2ccccc2)C=CC(Br)=CC1. The summed E-state index contributed by atoms with van der Waals surface area (Å²) >= 11 is 3.18. The van der Waals surface area contributed by atoms with E-state index in [0.717, 1.165) is 0 Å². The number of halogens is 5. The van der Waals surface area contributed by atoms with Gasteiger partial charge in [-0.2, -0.15) is 13.2 Å². The molecule has 1 aromatic carbocycles. The molecule has 2 unspecified atom stereocenters. The molecule has 2 rings (SSSR count). The molecule has 0 N–H and O–H groups in total. The third kappa shape index (κ3) is 2.76. The molecule has 0 saturated carbocycles. The van der Waals surface area contributed by atoms with E-state index in [1.807, 2.05) is 0 Å². The van der Waals surface area contributed by atoms with Crippen LogP contribution in [0, 0.1) is 0 Å². The second-order valence-electron chi connectivity index (χ2n) is 4.44. The first-order chi connectivity index (χ1) is 8.86. The van der Waals surface area contributed by atoms with Crippen LogP contribution < -0.4 is 0 Å². The Morgan fingerprint density at radius 1 is 1.16 bits per heavy atom. The maximum Gasteiger partial charge on any atom is 0.420 e. The van der Waals surface area contributed by atoms with Crippen LogP contribution in [0.5, 0.6) is 0 Å². The van der Waals surface area contributed by atoms with Gasteiger partial charge in [-0.3, -0.25) is 0 Å². The van der Waals surface area contributed by atoms with Gasteiger partial charge in [-0.25, -0.2) is 4.39 Å². The summed E-state index contributed by atoms with van der Waals surface area (Å²) in [4.78, 5) is 0. The number of hydrogen-bond donors (Lipinski definition) is 0. The highest BCUT2D eigenvalue weighted by molar-refractivity contribution is 9.11. The molecule has 2 atom stereocenters. The van der Waals surface area contributed by atoms with Crippen molar-refractivity contribution in [2.45, 2.75) is 24.2 Å². The van der Waals surface area contributed by atoms with Crippen LogP contribution in [0.4, 0.5) is 17.6 Å². The van der Waals surface area contributed by atoms with Gasteiger partial charge in [-0.15, -0.1) is 0 Å². The molecule has 0 saturated heterocycles. The van der Waals surface area contributed by atoms with E-state index >= 15 is 0 Å². The highest BCUT2D eigenvalue weighted by Crippen LogP contribution is 2.45. The van der Waals surface area contributed by atoms with Gasteiger partial charge in [-0.1, -0.05) is 64.5 Å². The Hall–Kier alpha value is -1.10. The minimum Gasteiger partial charge on any atom is -0.236 e. The second-order valence-corrected chi connectivity index (χ2v) is 5.35. The van der Waals surface area contributed by atoms with Crippen molar-refractivity contribution in [1.82, 2.24) is 0 Å². The van der Waals surface area contributed by atoms with Crippen molar-refractivity contribution in [3.63, 3.8) is 0 Å². The largest absolute Gasteiger partial charge is 0.420 e. The molecule has 0 amide bonds. The van der Waals surface area contributed by atoms with E-state index in [9.17, 15) is 17.6 Å². The summed E-state index contributed by atoms with van der Waals surface area (Å²) in [6.07, 6.45) is -3.53. The van der Waals surface area contributed by atoms with E-state index < -0.39 is 17.8 Å². The summed E-state index contributed by atoms with van der Waals surface area (Å²) in [5.41, 5.74) is -1.36. The van der Waals surface area contributed by atoms with Gasteiger partial charge in [0.25, 0.3) is 0 Å². The number of hydrogen-bond acceptors (Lipinski definition) is 0. The fourth-order valence-electron chi connectivity index (χ4n) is 2.22. The van der Waals surface area contributed by atoms with Crippen molar-refractivity contribution in [1.29, 1.82) is 0 Å². The zero-order valence-corrected chi connectivity index (χ0v) is 11.4. The molecular weight excluding hydrogens is 324 g/mol. The minimum absolute atomic E-state index is 0.0330. The number of alkyl halides is 4. The molecule has 1 aliphatic rings. The van der Waals surface area contributed by atoms with Crippen molar-refractivity contribution in [3.8, 4) is 0 Å². The predicted molar refractivity (Wildman–Crippen MR) is 69.8 cm³/mol. The average Bonchev–Trinajstić information content (AvgIpc) is 2.39. The summed E-state index contributed by atoms with van der Waals surface area (Å²) in [6, 6.07) is 7.96. The van der Waals surface area contributed by atoms with Crippen LogP contribution in [0.15, 0.2) is 53.0 Å². The van der Waals surface area contributed by atoms with Crippen LogP contribution in [0.25, 0.3) is 0 Å². The Labute approximate surface area is 116 Å². The summed E-state index contributed by atoms with van der Waals surface area (Å²) in [6.45, 7) is 0. The molecule has 102 valence electrons. The van der Waals surface area contributed by atoms with Crippen LogP contribution in [0.2, 0.25) is 0 Å². The molecule has 0 nitrogen and oxygen atoms in total. The van der Waals surface area contributed by atoms with Gasteiger partial charge in [0.2, 0.25) is 6.17 Å². The fraction of sp³-hybridized carbons (Fsp3) is 0.286. The van der Waals surface area contributed by atoms with Gasteiger partial charge >= 0.3 is 6.18 Å². The predicted octanol–water partition coefficient (Wildman–Crippen LogP) is 5.06. The Morgan fingerprint density at radius 3 is 2.26 bits per heavy atom. The van der Waals surface area contributed by atoms with E-state index in [-0.39, 0.29) is 6.42 Å². The Balaban J connectivity index is 2.50. The highest BCUT2D eigenvalue weighted by atomic mass is 79.9. The summed E-state index contributed by atoms with van der Waals surface area (Å²) in [5.74, 6) is 0. The first-order valence-electron chi connectivity index (χ1n) is 5.67. The molecule has 0 aliphatic heterocycles. The van der Waals surface area contributed by atoms with Crippen LogP contribution >= 0.6 is 15.9 Å². The lowest BCUT2D eigenvalue weighted by Gasteiger charge is -2.36. The van der Waals surface area contributed by atoms with Gasteiger partial charge in [0.1, 0.15) is 0 Å². The van der Waals surface area contributed by atoms with Crippen molar-refractivity contribution in [2.75, 3.05) is 0 Å². The fourth-order valence-corrected chi connectivity index (χ4v) is 2.51. The van der Waals surface area contributed by atoms with E-state index in [1.54, 1.807) is 24.3 Å². The lowest BCUT2D eigenvalue weighted by molar-refractivity contribution is -0.195. The topological polar surface area (TPSA) is 0 Å². The molecule has 1 aliphatic carbocycles. The summed E-state index contributed by atoms with van der Waals surface area (Å²) < 4.78 is 53.2. The van der Waals surface area contributed by atoms with Crippen molar-refractivity contribution in [2.24, 2.45) is 0 Å². The first-order valence-corrected chi connectivity index (χ1v) is 6.47. The monoisotopic (exact) mass is 334 g/mol. The highest BCUT2D eigenvalue weighted by Gasteiger charge is 2.54. The van der Waals surface area contributed by atoms with Crippen LogP contribution in [0.1, 0.15) is 12.0 Å². The lowest BCUT2D eigenvalue weighted by Crippen LogP contribution is -2.44. The maximum atomic E-state index is 14.0. The molecule has 0 heterocycles. The molecule has 0 aromatic heterocycles. The van der Waals surface area contributed by atoms with E-state index in [4.69, 9.17) is 0 Å². The summed E-state index contributed by atoms with van der Waals surface area (Å²) in [7, 11) is 0. The zero-order chi connectivity index (χ0) is 14.1. The van der Waals surface area contributed by atoms with Crippen molar-refractivity contribution >= 4 is 15.9 Å². The second kappa shape index (κ2) is 5.12. The first kappa shape index (κ1) is 14.3. The number of rotatable bonds is 2. The molecule has 19 heavy (non-hydrogen) atoms. The van der Waals surface area contributed by atoms with Gasteiger partial charge in [0.05, 0.1) is 5.41 Å². The van der Waals surface area contributed by atoms with Crippen LogP contribution in [0.3, 0.4) is 0 Å². The Kier molecular flexibility index (Phi) is 3.85.